The number of nitrogens with one attached hydrogen (secondary N) is 1. The average Bonchev–Trinajstić information content (AvgIpc) is 3.46. The van der Waals surface area contributed by atoms with Gasteiger partial charge in [-0.15, -0.1) is 10.2 Å². The molecular formula is C21H27N5O2. The van der Waals surface area contributed by atoms with E-state index in [-0.39, 0.29) is 17.7 Å². The Labute approximate surface area is 165 Å². The van der Waals surface area contributed by atoms with Gasteiger partial charge in [0.2, 0.25) is 11.8 Å². The predicted molar refractivity (Wildman–Crippen MR) is 104 cm³/mol. The molecule has 2 aliphatic rings. The summed E-state index contributed by atoms with van der Waals surface area (Å²) < 4.78 is 1.97. The van der Waals surface area contributed by atoms with Crippen LogP contribution in [0.15, 0.2) is 36.7 Å². The number of amides is 2. The van der Waals surface area contributed by atoms with Crippen molar-refractivity contribution in [2.24, 2.45) is 5.92 Å². The van der Waals surface area contributed by atoms with Crippen molar-refractivity contribution in [2.45, 2.75) is 57.7 Å². The van der Waals surface area contributed by atoms with Gasteiger partial charge in [0, 0.05) is 25.6 Å². The van der Waals surface area contributed by atoms with E-state index in [1.165, 1.54) is 18.4 Å². The molecule has 2 fully saturated rings. The fourth-order valence-corrected chi connectivity index (χ4v) is 4.28. The number of carbonyl (C=O) groups excluding carboxylic acids is 2. The van der Waals surface area contributed by atoms with Gasteiger partial charge in [-0.25, -0.2) is 0 Å². The van der Waals surface area contributed by atoms with Gasteiger partial charge in [-0.1, -0.05) is 43.2 Å². The summed E-state index contributed by atoms with van der Waals surface area (Å²) >= 11 is 0. The minimum absolute atomic E-state index is 0.0635. The summed E-state index contributed by atoms with van der Waals surface area (Å²) in [7, 11) is 0. The van der Waals surface area contributed by atoms with Crippen molar-refractivity contribution in [3.05, 3.63) is 48.0 Å². The van der Waals surface area contributed by atoms with Gasteiger partial charge in [0.1, 0.15) is 6.33 Å². The van der Waals surface area contributed by atoms with Gasteiger partial charge in [-0.2, -0.15) is 0 Å². The maximum Gasteiger partial charge on any atom is 0.225 e. The largest absolute Gasteiger partial charge is 0.348 e. The third-order valence-corrected chi connectivity index (χ3v) is 5.90. The Morgan fingerprint density at radius 1 is 1.18 bits per heavy atom. The van der Waals surface area contributed by atoms with E-state index in [0.717, 1.165) is 31.6 Å². The molecule has 2 aromatic rings. The number of hydrogen-bond donors (Lipinski definition) is 1. The summed E-state index contributed by atoms with van der Waals surface area (Å²) in [4.78, 5) is 26.8. The highest BCUT2D eigenvalue weighted by atomic mass is 16.2. The first-order valence-electron chi connectivity index (χ1n) is 10.2. The van der Waals surface area contributed by atoms with Crippen LogP contribution in [0.2, 0.25) is 0 Å². The smallest absolute Gasteiger partial charge is 0.225 e. The molecule has 7 nitrogen and oxygen atoms in total. The lowest BCUT2D eigenvalue weighted by Crippen LogP contribution is -2.37. The summed E-state index contributed by atoms with van der Waals surface area (Å²) in [6.45, 7) is 1.65. The van der Waals surface area contributed by atoms with E-state index in [1.54, 1.807) is 6.33 Å². The van der Waals surface area contributed by atoms with Gasteiger partial charge >= 0.3 is 0 Å². The zero-order valence-corrected chi connectivity index (χ0v) is 16.1. The minimum Gasteiger partial charge on any atom is -0.348 e. The van der Waals surface area contributed by atoms with Gasteiger partial charge in [0.05, 0.1) is 12.5 Å². The third kappa shape index (κ3) is 4.24. The number of aromatic nitrogens is 3. The summed E-state index contributed by atoms with van der Waals surface area (Å²) in [5, 5.41) is 11.1. The second kappa shape index (κ2) is 8.54. The molecule has 4 rings (SSSR count). The standard InChI is InChI=1S/C21H27N5O2/c27-20-12-17(14-26(20)18-8-4-5-9-18)21(28)22-13-19-24-23-15-25(19)11-10-16-6-2-1-3-7-16/h1-3,6-7,15,17-18H,4-5,8-14H2,(H,22,28)/t17-/m0/s1. The fourth-order valence-electron chi connectivity index (χ4n) is 4.28. The molecule has 148 valence electrons. The van der Waals surface area contributed by atoms with Gasteiger partial charge in [-0.3, -0.25) is 9.59 Å². The van der Waals surface area contributed by atoms with E-state index in [0.29, 0.717) is 25.6 Å². The molecule has 2 heterocycles. The number of likely N-dealkylation sites (tertiary alicyclic amines) is 1. The Hall–Kier alpha value is -2.70. The summed E-state index contributed by atoms with van der Waals surface area (Å²) in [5.74, 6) is 0.541. The summed E-state index contributed by atoms with van der Waals surface area (Å²) in [6, 6.07) is 10.6. The van der Waals surface area contributed by atoms with Gasteiger partial charge < -0.3 is 14.8 Å². The van der Waals surface area contributed by atoms with E-state index in [1.807, 2.05) is 27.7 Å². The molecular weight excluding hydrogens is 354 g/mol. The molecule has 0 radical (unpaired) electrons. The van der Waals surface area contributed by atoms with Crippen molar-refractivity contribution in [2.75, 3.05) is 6.54 Å². The van der Waals surface area contributed by atoms with Gasteiger partial charge in [0.25, 0.3) is 0 Å². The lowest BCUT2D eigenvalue weighted by atomic mass is 10.1. The zero-order chi connectivity index (χ0) is 19.3. The number of benzene rings is 1. The van der Waals surface area contributed by atoms with Gasteiger partial charge in [-0.05, 0) is 24.8 Å². The van der Waals surface area contributed by atoms with Crippen molar-refractivity contribution < 1.29 is 9.59 Å². The van der Waals surface area contributed by atoms with E-state index >= 15 is 0 Å². The lowest BCUT2D eigenvalue weighted by molar-refractivity contribution is -0.130. The molecule has 0 spiro atoms. The van der Waals surface area contributed by atoms with Crippen LogP contribution in [0.3, 0.4) is 0 Å². The van der Waals surface area contributed by atoms with Crippen LogP contribution in [-0.2, 0) is 29.1 Å². The molecule has 1 aliphatic carbocycles. The van der Waals surface area contributed by atoms with Crippen molar-refractivity contribution in [1.82, 2.24) is 25.0 Å². The molecule has 0 unspecified atom stereocenters. The predicted octanol–water partition coefficient (Wildman–Crippen LogP) is 1.93. The van der Waals surface area contributed by atoms with E-state index < -0.39 is 0 Å². The van der Waals surface area contributed by atoms with Crippen LogP contribution in [0.5, 0.6) is 0 Å². The van der Waals surface area contributed by atoms with Crippen molar-refractivity contribution in [3.63, 3.8) is 0 Å². The molecule has 1 atom stereocenters. The van der Waals surface area contributed by atoms with Crippen LogP contribution in [0, 0.1) is 5.92 Å². The molecule has 1 aromatic carbocycles. The molecule has 2 amide bonds. The Morgan fingerprint density at radius 3 is 2.75 bits per heavy atom. The molecule has 1 aliphatic heterocycles. The SMILES string of the molecule is O=C(NCc1nncn1CCc1ccccc1)[C@H]1CC(=O)N(C2CCCC2)C1. The highest BCUT2D eigenvalue weighted by molar-refractivity contribution is 5.89. The maximum atomic E-state index is 12.6. The summed E-state index contributed by atoms with van der Waals surface area (Å²) in [5.41, 5.74) is 1.25. The monoisotopic (exact) mass is 381 g/mol. The Kier molecular flexibility index (Phi) is 5.69. The van der Waals surface area contributed by atoms with Crippen molar-refractivity contribution in [1.29, 1.82) is 0 Å². The number of aryl methyl sites for hydroxylation is 2. The highest BCUT2D eigenvalue weighted by Crippen LogP contribution is 2.29. The molecule has 7 heteroatoms. The normalized spacial score (nSPS) is 20.1. The maximum absolute atomic E-state index is 12.6. The molecule has 1 saturated carbocycles. The van der Waals surface area contributed by atoms with Crippen LogP contribution in [0.25, 0.3) is 0 Å². The fraction of sp³-hybridized carbons (Fsp3) is 0.524. The van der Waals surface area contributed by atoms with E-state index in [9.17, 15) is 9.59 Å². The van der Waals surface area contributed by atoms with Gasteiger partial charge in [0.15, 0.2) is 5.82 Å². The van der Waals surface area contributed by atoms with Crippen LogP contribution < -0.4 is 5.32 Å². The molecule has 1 N–H and O–H groups in total. The number of rotatable bonds is 7. The highest BCUT2D eigenvalue weighted by Gasteiger charge is 2.38. The first-order valence-corrected chi connectivity index (χ1v) is 10.2. The van der Waals surface area contributed by atoms with Crippen LogP contribution >= 0.6 is 0 Å². The third-order valence-electron chi connectivity index (χ3n) is 5.90. The summed E-state index contributed by atoms with van der Waals surface area (Å²) in [6.07, 6.45) is 7.42. The topological polar surface area (TPSA) is 80.1 Å². The van der Waals surface area contributed by atoms with E-state index in [2.05, 4.69) is 27.6 Å². The second-order valence-corrected chi connectivity index (χ2v) is 7.78. The van der Waals surface area contributed by atoms with Crippen LogP contribution in [0.4, 0.5) is 0 Å². The molecule has 1 aromatic heterocycles. The molecule has 1 saturated heterocycles. The molecule has 0 bridgehead atoms. The average molecular weight is 381 g/mol. The first-order chi connectivity index (χ1) is 13.7. The Balaban J connectivity index is 1.28. The number of carbonyl (C=O) groups is 2. The number of hydrogen-bond acceptors (Lipinski definition) is 4. The Bertz CT molecular complexity index is 813. The second-order valence-electron chi connectivity index (χ2n) is 7.78. The van der Waals surface area contributed by atoms with Crippen molar-refractivity contribution >= 4 is 11.8 Å². The zero-order valence-electron chi connectivity index (χ0n) is 16.1. The van der Waals surface area contributed by atoms with Crippen molar-refractivity contribution in [3.8, 4) is 0 Å². The minimum atomic E-state index is -0.256. The van der Waals surface area contributed by atoms with Crippen LogP contribution in [-0.4, -0.2) is 44.1 Å². The quantitative estimate of drug-likeness (QED) is 0.795. The number of nitrogens with zero attached hydrogens (tertiary/aromatic N) is 4. The lowest BCUT2D eigenvalue weighted by Gasteiger charge is -2.23. The first kappa shape index (κ1) is 18.7. The Morgan fingerprint density at radius 2 is 1.96 bits per heavy atom. The van der Waals surface area contributed by atoms with E-state index in [4.69, 9.17) is 0 Å². The molecule has 28 heavy (non-hydrogen) atoms. The van der Waals surface area contributed by atoms with Crippen LogP contribution in [0.1, 0.15) is 43.5 Å².